The lowest BCUT2D eigenvalue weighted by Gasteiger charge is -2.30. The first-order chi connectivity index (χ1) is 12.5. The Morgan fingerprint density at radius 1 is 1.23 bits per heavy atom. The fraction of sp³-hybridized carbons (Fsp3) is 0.350. The van der Waals surface area contributed by atoms with Gasteiger partial charge in [-0.25, -0.2) is 0 Å². The molecule has 0 radical (unpaired) electrons. The summed E-state index contributed by atoms with van der Waals surface area (Å²) in [6.07, 6.45) is 3.10. The SMILES string of the molecule is CC(=O)N[C@@H]1CCO[C@H](c2cccc(NC(=O)c3cccnc3C)c2)C1. The molecule has 0 saturated carbocycles. The Hall–Kier alpha value is -2.73. The van der Waals surface area contributed by atoms with Crippen LogP contribution in [0.3, 0.4) is 0 Å². The van der Waals surface area contributed by atoms with Crippen LogP contribution in [0, 0.1) is 6.92 Å². The van der Waals surface area contributed by atoms with Gasteiger partial charge in [0.2, 0.25) is 5.91 Å². The van der Waals surface area contributed by atoms with Crippen LogP contribution in [0.1, 0.15) is 47.5 Å². The summed E-state index contributed by atoms with van der Waals surface area (Å²) in [7, 11) is 0. The van der Waals surface area contributed by atoms with E-state index in [1.807, 2.05) is 31.2 Å². The Morgan fingerprint density at radius 3 is 2.85 bits per heavy atom. The predicted octanol–water partition coefficient (Wildman–Crippen LogP) is 3.00. The maximum absolute atomic E-state index is 12.5. The number of amides is 2. The Balaban J connectivity index is 1.71. The third-order valence-electron chi connectivity index (χ3n) is 4.46. The highest BCUT2D eigenvalue weighted by molar-refractivity contribution is 6.04. The molecule has 0 spiro atoms. The Morgan fingerprint density at radius 2 is 2.08 bits per heavy atom. The minimum atomic E-state index is -0.187. The van der Waals surface area contributed by atoms with Gasteiger partial charge < -0.3 is 15.4 Å². The third kappa shape index (κ3) is 4.46. The summed E-state index contributed by atoms with van der Waals surface area (Å²) in [5.41, 5.74) is 2.94. The molecule has 1 aliphatic rings. The normalized spacial score (nSPS) is 19.6. The monoisotopic (exact) mass is 353 g/mol. The van der Waals surface area contributed by atoms with Crippen molar-refractivity contribution in [2.45, 2.75) is 38.8 Å². The Labute approximate surface area is 153 Å². The molecule has 2 amide bonds. The van der Waals surface area contributed by atoms with E-state index in [0.29, 0.717) is 23.6 Å². The molecule has 6 nitrogen and oxygen atoms in total. The Kier molecular flexibility index (Phi) is 5.63. The molecule has 2 heterocycles. The van der Waals surface area contributed by atoms with Crippen LogP contribution >= 0.6 is 0 Å². The van der Waals surface area contributed by atoms with E-state index >= 15 is 0 Å². The predicted molar refractivity (Wildman–Crippen MR) is 98.9 cm³/mol. The van der Waals surface area contributed by atoms with Gasteiger partial charge in [-0.05, 0) is 49.6 Å². The maximum Gasteiger partial charge on any atom is 0.257 e. The van der Waals surface area contributed by atoms with E-state index in [1.165, 1.54) is 6.92 Å². The largest absolute Gasteiger partial charge is 0.373 e. The van der Waals surface area contributed by atoms with Gasteiger partial charge in [-0.15, -0.1) is 0 Å². The zero-order chi connectivity index (χ0) is 18.5. The smallest absolute Gasteiger partial charge is 0.257 e. The fourth-order valence-electron chi connectivity index (χ4n) is 3.19. The van der Waals surface area contributed by atoms with E-state index in [4.69, 9.17) is 4.74 Å². The number of benzene rings is 1. The van der Waals surface area contributed by atoms with Crippen LogP contribution in [0.15, 0.2) is 42.6 Å². The van der Waals surface area contributed by atoms with Gasteiger partial charge in [0, 0.05) is 37.2 Å². The average molecular weight is 353 g/mol. The molecule has 2 atom stereocenters. The van der Waals surface area contributed by atoms with Crippen molar-refractivity contribution in [2.24, 2.45) is 0 Å². The number of hydrogen-bond acceptors (Lipinski definition) is 4. The summed E-state index contributed by atoms with van der Waals surface area (Å²) in [6, 6.07) is 11.3. The molecular weight excluding hydrogens is 330 g/mol. The number of aryl methyl sites for hydroxylation is 1. The van der Waals surface area contributed by atoms with Crippen LogP contribution < -0.4 is 10.6 Å². The summed E-state index contributed by atoms with van der Waals surface area (Å²) < 4.78 is 5.87. The second-order valence-electron chi connectivity index (χ2n) is 6.50. The van der Waals surface area contributed by atoms with E-state index in [9.17, 15) is 9.59 Å². The summed E-state index contributed by atoms with van der Waals surface area (Å²) >= 11 is 0. The molecule has 2 aromatic rings. The fourth-order valence-corrected chi connectivity index (χ4v) is 3.19. The lowest BCUT2D eigenvalue weighted by atomic mass is 9.97. The van der Waals surface area contributed by atoms with Gasteiger partial charge in [0.1, 0.15) is 0 Å². The number of carbonyl (C=O) groups is 2. The molecule has 2 N–H and O–H groups in total. The molecule has 6 heteroatoms. The van der Waals surface area contributed by atoms with Crippen LogP contribution in [0.2, 0.25) is 0 Å². The minimum Gasteiger partial charge on any atom is -0.373 e. The first kappa shape index (κ1) is 18.1. The van der Waals surface area contributed by atoms with Crippen molar-refractivity contribution in [3.8, 4) is 0 Å². The van der Waals surface area contributed by atoms with Gasteiger partial charge in [-0.2, -0.15) is 0 Å². The van der Waals surface area contributed by atoms with Crippen LogP contribution in [-0.4, -0.2) is 29.4 Å². The Bertz CT molecular complexity index is 806. The van der Waals surface area contributed by atoms with E-state index in [0.717, 1.165) is 18.4 Å². The van der Waals surface area contributed by atoms with Crippen molar-refractivity contribution in [2.75, 3.05) is 11.9 Å². The van der Waals surface area contributed by atoms with Crippen molar-refractivity contribution in [1.29, 1.82) is 0 Å². The number of nitrogens with zero attached hydrogens (tertiary/aromatic N) is 1. The first-order valence-electron chi connectivity index (χ1n) is 8.74. The molecular formula is C20H23N3O3. The number of anilines is 1. The van der Waals surface area contributed by atoms with Gasteiger partial charge in [-0.3, -0.25) is 14.6 Å². The standard InChI is InChI=1S/C20H23N3O3/c1-13-18(7-4-9-21-13)20(25)23-16-6-3-5-15(11-16)19-12-17(8-10-26-19)22-14(2)24/h3-7,9,11,17,19H,8,10,12H2,1-2H3,(H,22,24)(H,23,25)/t17-,19+/m1/s1. The number of pyridine rings is 1. The minimum absolute atomic E-state index is 0.0245. The zero-order valence-electron chi connectivity index (χ0n) is 15.0. The van der Waals surface area contributed by atoms with Gasteiger partial charge in [0.05, 0.1) is 11.7 Å². The average Bonchev–Trinajstić information content (AvgIpc) is 2.62. The quantitative estimate of drug-likeness (QED) is 0.885. The van der Waals surface area contributed by atoms with Crippen LogP contribution in [0.5, 0.6) is 0 Å². The van der Waals surface area contributed by atoms with Gasteiger partial charge in [0.25, 0.3) is 5.91 Å². The molecule has 1 aliphatic heterocycles. The molecule has 3 rings (SSSR count). The molecule has 26 heavy (non-hydrogen) atoms. The molecule has 0 aliphatic carbocycles. The van der Waals surface area contributed by atoms with Crippen LogP contribution in [0.25, 0.3) is 0 Å². The highest BCUT2D eigenvalue weighted by atomic mass is 16.5. The molecule has 1 saturated heterocycles. The third-order valence-corrected chi connectivity index (χ3v) is 4.46. The molecule has 1 aromatic heterocycles. The molecule has 1 fully saturated rings. The molecule has 1 aromatic carbocycles. The summed E-state index contributed by atoms with van der Waals surface area (Å²) in [5.74, 6) is -0.211. The topological polar surface area (TPSA) is 80.3 Å². The van der Waals surface area contributed by atoms with E-state index < -0.39 is 0 Å². The van der Waals surface area contributed by atoms with Gasteiger partial charge in [0.15, 0.2) is 0 Å². The number of hydrogen-bond donors (Lipinski definition) is 2. The zero-order valence-corrected chi connectivity index (χ0v) is 15.0. The lowest BCUT2D eigenvalue weighted by Crippen LogP contribution is -2.38. The van der Waals surface area contributed by atoms with Gasteiger partial charge >= 0.3 is 0 Å². The molecule has 136 valence electrons. The van der Waals surface area contributed by atoms with E-state index in [-0.39, 0.29) is 24.0 Å². The number of ether oxygens (including phenoxy) is 1. The van der Waals surface area contributed by atoms with E-state index in [2.05, 4.69) is 15.6 Å². The summed E-state index contributed by atoms with van der Waals surface area (Å²) in [4.78, 5) is 27.9. The number of rotatable bonds is 4. The highest BCUT2D eigenvalue weighted by Crippen LogP contribution is 2.29. The van der Waals surface area contributed by atoms with Crippen molar-refractivity contribution >= 4 is 17.5 Å². The number of aromatic nitrogens is 1. The van der Waals surface area contributed by atoms with Crippen molar-refractivity contribution in [3.63, 3.8) is 0 Å². The number of nitrogens with one attached hydrogen (secondary N) is 2. The van der Waals surface area contributed by atoms with Crippen LogP contribution in [-0.2, 0) is 9.53 Å². The second-order valence-corrected chi connectivity index (χ2v) is 6.50. The summed E-state index contributed by atoms with van der Waals surface area (Å²) in [5, 5.41) is 5.88. The van der Waals surface area contributed by atoms with E-state index in [1.54, 1.807) is 18.3 Å². The summed E-state index contributed by atoms with van der Waals surface area (Å²) in [6.45, 7) is 3.94. The highest BCUT2D eigenvalue weighted by Gasteiger charge is 2.24. The molecule has 0 bridgehead atoms. The van der Waals surface area contributed by atoms with Crippen molar-refractivity contribution in [3.05, 3.63) is 59.4 Å². The lowest BCUT2D eigenvalue weighted by molar-refractivity contribution is -0.120. The second kappa shape index (κ2) is 8.10. The first-order valence-corrected chi connectivity index (χ1v) is 8.74. The number of carbonyl (C=O) groups excluding carboxylic acids is 2. The van der Waals surface area contributed by atoms with Gasteiger partial charge in [-0.1, -0.05) is 12.1 Å². The van der Waals surface area contributed by atoms with Crippen molar-refractivity contribution < 1.29 is 14.3 Å². The van der Waals surface area contributed by atoms with Crippen molar-refractivity contribution in [1.82, 2.24) is 10.3 Å². The van der Waals surface area contributed by atoms with Crippen LogP contribution in [0.4, 0.5) is 5.69 Å². The molecule has 0 unspecified atom stereocenters. The maximum atomic E-state index is 12.5.